The van der Waals surface area contributed by atoms with Gasteiger partial charge in [-0.3, -0.25) is 9.78 Å². The van der Waals surface area contributed by atoms with E-state index in [4.69, 9.17) is 9.15 Å². The smallest absolute Gasteiger partial charge is 0.273 e. The number of oxazole rings is 1. The van der Waals surface area contributed by atoms with E-state index in [1.807, 2.05) is 37.3 Å². The van der Waals surface area contributed by atoms with Gasteiger partial charge in [0, 0.05) is 11.6 Å². The molecule has 0 aliphatic carbocycles. The van der Waals surface area contributed by atoms with Gasteiger partial charge in [-0.25, -0.2) is 4.98 Å². The number of fused-ring (bicyclic) bond motifs is 1. The summed E-state index contributed by atoms with van der Waals surface area (Å²) in [5, 5.41) is 13.2. The highest BCUT2D eigenvalue weighted by molar-refractivity contribution is 5.92. The van der Waals surface area contributed by atoms with Gasteiger partial charge >= 0.3 is 0 Å². The zero-order valence-corrected chi connectivity index (χ0v) is 15.7. The number of aromatic nitrogens is 2. The number of hydrogen-bond donors (Lipinski definition) is 2. The highest BCUT2D eigenvalue weighted by Crippen LogP contribution is 2.24. The minimum absolute atomic E-state index is 0.0798. The van der Waals surface area contributed by atoms with Crippen molar-refractivity contribution < 1.29 is 19.1 Å². The van der Waals surface area contributed by atoms with Crippen LogP contribution in [-0.4, -0.2) is 21.0 Å². The summed E-state index contributed by atoms with van der Waals surface area (Å²) in [4.78, 5) is 21.0. The fraction of sp³-hybridized carbons (Fsp3) is 0.136. The third-order valence-corrected chi connectivity index (χ3v) is 4.47. The van der Waals surface area contributed by atoms with Crippen molar-refractivity contribution in [3.05, 3.63) is 84.2 Å². The molecule has 0 saturated heterocycles. The van der Waals surface area contributed by atoms with Crippen LogP contribution in [0.4, 0.5) is 0 Å². The van der Waals surface area contributed by atoms with Gasteiger partial charge in [0.2, 0.25) is 5.89 Å². The van der Waals surface area contributed by atoms with Gasteiger partial charge in [-0.2, -0.15) is 0 Å². The maximum absolute atomic E-state index is 12.4. The molecule has 2 heterocycles. The zero-order chi connectivity index (χ0) is 20.2. The number of nitrogens with zero attached hydrogens (tertiary/aromatic N) is 2. The average molecular weight is 389 g/mol. The van der Waals surface area contributed by atoms with Crippen LogP contribution in [0.1, 0.15) is 34.9 Å². The van der Waals surface area contributed by atoms with Gasteiger partial charge in [0.15, 0.2) is 12.3 Å². The number of pyridine rings is 1. The third-order valence-electron chi connectivity index (χ3n) is 4.47. The predicted molar refractivity (Wildman–Crippen MR) is 107 cm³/mol. The lowest BCUT2D eigenvalue weighted by Crippen LogP contribution is -2.26. The van der Waals surface area contributed by atoms with Crippen LogP contribution in [0.3, 0.4) is 0 Å². The number of amides is 1. The zero-order valence-electron chi connectivity index (χ0n) is 15.7. The van der Waals surface area contributed by atoms with E-state index in [9.17, 15) is 9.90 Å². The van der Waals surface area contributed by atoms with Gasteiger partial charge in [-0.05, 0) is 36.8 Å². The number of aromatic hydroxyl groups is 1. The van der Waals surface area contributed by atoms with Crippen molar-refractivity contribution in [3.8, 4) is 11.5 Å². The monoisotopic (exact) mass is 389 g/mol. The highest BCUT2D eigenvalue weighted by Gasteiger charge is 2.16. The lowest BCUT2D eigenvalue weighted by molar-refractivity contribution is 0.0934. The molecule has 2 N–H and O–H groups in total. The minimum Gasteiger partial charge on any atom is -0.508 e. The average Bonchev–Trinajstić information content (AvgIpc) is 3.22. The van der Waals surface area contributed by atoms with Crippen molar-refractivity contribution in [2.24, 2.45) is 0 Å². The molecular formula is C22H19N3O4. The van der Waals surface area contributed by atoms with Crippen LogP contribution in [0, 0.1) is 0 Å². The normalized spacial score (nSPS) is 11.9. The molecule has 0 radical (unpaired) electrons. The van der Waals surface area contributed by atoms with Gasteiger partial charge in [0.1, 0.15) is 23.3 Å². The van der Waals surface area contributed by atoms with Crippen molar-refractivity contribution in [2.75, 3.05) is 0 Å². The number of benzene rings is 2. The predicted octanol–water partition coefficient (Wildman–Crippen LogP) is 4.00. The lowest BCUT2D eigenvalue weighted by Gasteiger charge is -2.13. The van der Waals surface area contributed by atoms with Crippen LogP contribution in [0.15, 0.2) is 71.5 Å². The standard InChI is InChI=1S/C22H19N3O4/c1-14(15-7-9-17(26)10-8-15)24-22(27)18-12-29-20(25-18)13-28-19-6-2-4-16-5-3-11-23-21(16)19/h2-12,14,26H,13H2,1H3,(H,24,27). The number of carbonyl (C=O) groups is 1. The van der Waals surface area contributed by atoms with E-state index in [0.717, 1.165) is 16.5 Å². The Labute approximate surface area is 167 Å². The number of phenols is 1. The minimum atomic E-state index is -0.354. The fourth-order valence-electron chi connectivity index (χ4n) is 2.93. The summed E-state index contributed by atoms with van der Waals surface area (Å²) < 4.78 is 11.2. The second kappa shape index (κ2) is 8.02. The maximum Gasteiger partial charge on any atom is 0.273 e. The van der Waals surface area contributed by atoms with Crippen molar-refractivity contribution in [1.29, 1.82) is 0 Å². The molecule has 2 aromatic carbocycles. The number of hydrogen-bond acceptors (Lipinski definition) is 6. The Morgan fingerprint density at radius 1 is 1.17 bits per heavy atom. The summed E-state index contributed by atoms with van der Waals surface area (Å²) in [7, 11) is 0. The molecule has 0 aliphatic heterocycles. The number of phenolic OH excluding ortho intramolecular Hbond substituents is 1. The molecule has 0 aliphatic rings. The molecule has 0 bridgehead atoms. The number of rotatable bonds is 6. The molecule has 0 spiro atoms. The Hall–Kier alpha value is -3.87. The Bertz CT molecular complexity index is 1130. The van der Waals surface area contributed by atoms with Crippen LogP contribution in [0.5, 0.6) is 11.5 Å². The SMILES string of the molecule is CC(NC(=O)c1coc(COc2cccc3cccnc23)n1)c1ccc(O)cc1. The van der Waals surface area contributed by atoms with Crippen molar-refractivity contribution >= 4 is 16.8 Å². The van der Waals surface area contributed by atoms with E-state index in [1.165, 1.54) is 6.26 Å². The van der Waals surface area contributed by atoms with E-state index in [0.29, 0.717) is 11.6 Å². The van der Waals surface area contributed by atoms with E-state index in [2.05, 4.69) is 15.3 Å². The number of para-hydroxylation sites is 1. The molecular weight excluding hydrogens is 370 g/mol. The Morgan fingerprint density at radius 2 is 1.97 bits per heavy atom. The Morgan fingerprint density at radius 3 is 2.79 bits per heavy atom. The molecule has 4 rings (SSSR count). The summed E-state index contributed by atoms with van der Waals surface area (Å²) >= 11 is 0. The first-order chi connectivity index (χ1) is 14.1. The van der Waals surface area contributed by atoms with Crippen LogP contribution >= 0.6 is 0 Å². The van der Waals surface area contributed by atoms with Gasteiger partial charge in [-0.1, -0.05) is 30.3 Å². The van der Waals surface area contributed by atoms with Crippen molar-refractivity contribution in [3.63, 3.8) is 0 Å². The van der Waals surface area contributed by atoms with Crippen LogP contribution in [0.25, 0.3) is 10.9 Å². The van der Waals surface area contributed by atoms with E-state index in [1.54, 1.807) is 30.5 Å². The maximum atomic E-state index is 12.4. The third kappa shape index (κ3) is 4.19. The van der Waals surface area contributed by atoms with Gasteiger partial charge in [0.25, 0.3) is 5.91 Å². The number of nitrogens with one attached hydrogen (secondary N) is 1. The summed E-state index contributed by atoms with van der Waals surface area (Å²) in [6, 6.07) is 15.9. The second-order valence-corrected chi connectivity index (χ2v) is 6.53. The molecule has 4 aromatic rings. The quantitative estimate of drug-likeness (QED) is 0.517. The molecule has 29 heavy (non-hydrogen) atoms. The largest absolute Gasteiger partial charge is 0.508 e. The van der Waals surface area contributed by atoms with Gasteiger partial charge in [0.05, 0.1) is 6.04 Å². The van der Waals surface area contributed by atoms with E-state index >= 15 is 0 Å². The Kier molecular flexibility index (Phi) is 5.11. The van der Waals surface area contributed by atoms with Crippen LogP contribution in [0.2, 0.25) is 0 Å². The second-order valence-electron chi connectivity index (χ2n) is 6.53. The molecule has 146 valence electrons. The first-order valence-electron chi connectivity index (χ1n) is 9.11. The van der Waals surface area contributed by atoms with Crippen molar-refractivity contribution in [2.45, 2.75) is 19.6 Å². The summed E-state index contributed by atoms with van der Waals surface area (Å²) in [6.07, 6.45) is 3.01. The van der Waals surface area contributed by atoms with E-state index in [-0.39, 0.29) is 30.0 Å². The first-order valence-corrected chi connectivity index (χ1v) is 9.11. The molecule has 0 saturated carbocycles. The molecule has 2 aromatic heterocycles. The van der Waals surface area contributed by atoms with Crippen molar-refractivity contribution in [1.82, 2.24) is 15.3 Å². The number of carbonyl (C=O) groups excluding carboxylic acids is 1. The Balaban J connectivity index is 1.40. The van der Waals surface area contributed by atoms with E-state index < -0.39 is 0 Å². The van der Waals surface area contributed by atoms with Gasteiger partial charge < -0.3 is 19.6 Å². The topological polar surface area (TPSA) is 97.5 Å². The molecule has 1 amide bonds. The van der Waals surface area contributed by atoms with Gasteiger partial charge in [-0.15, -0.1) is 0 Å². The van der Waals surface area contributed by atoms with Crippen LogP contribution < -0.4 is 10.1 Å². The first kappa shape index (κ1) is 18.5. The lowest BCUT2D eigenvalue weighted by atomic mass is 10.1. The summed E-state index contributed by atoms with van der Waals surface area (Å²) in [5.74, 6) is 0.732. The fourth-order valence-corrected chi connectivity index (χ4v) is 2.93. The number of ether oxygens (including phenoxy) is 1. The molecule has 7 heteroatoms. The summed E-state index contributed by atoms with van der Waals surface area (Å²) in [6.45, 7) is 1.93. The molecule has 1 unspecified atom stereocenters. The highest BCUT2D eigenvalue weighted by atomic mass is 16.5. The summed E-state index contributed by atoms with van der Waals surface area (Å²) in [5.41, 5.74) is 1.79. The van der Waals surface area contributed by atoms with Crippen LogP contribution in [-0.2, 0) is 6.61 Å². The molecule has 1 atom stereocenters. The molecule has 7 nitrogen and oxygen atoms in total. The molecule has 0 fully saturated rings.